The van der Waals surface area contributed by atoms with Gasteiger partial charge in [0, 0.05) is 29.3 Å². The van der Waals surface area contributed by atoms with Crippen LogP contribution in [0.15, 0.2) is 65.0 Å². The molecule has 6 nitrogen and oxygen atoms in total. The lowest BCUT2D eigenvalue weighted by Gasteiger charge is -2.37. The molecule has 0 spiro atoms. The van der Waals surface area contributed by atoms with E-state index in [1.54, 1.807) is 14.2 Å². The van der Waals surface area contributed by atoms with Crippen molar-refractivity contribution in [2.45, 2.75) is 38.5 Å². The maximum atomic E-state index is 13.6. The summed E-state index contributed by atoms with van der Waals surface area (Å²) in [5, 5.41) is 3.37. The van der Waals surface area contributed by atoms with Crippen LogP contribution >= 0.6 is 0 Å². The molecule has 0 saturated carbocycles. The highest BCUT2D eigenvalue weighted by atomic mass is 16.5. The minimum atomic E-state index is -0.450. The van der Waals surface area contributed by atoms with E-state index in [0.29, 0.717) is 35.5 Å². The number of Topliss-reactive ketones (excluding diaryl/α,β-unsaturated/α-hetero) is 1. The minimum Gasteiger partial charge on any atom is -0.493 e. The highest BCUT2D eigenvalue weighted by Gasteiger charge is 2.41. The molecule has 2 atom stereocenters. The van der Waals surface area contributed by atoms with Crippen LogP contribution < -0.4 is 14.8 Å². The second-order valence-electron chi connectivity index (χ2n) is 8.48. The van der Waals surface area contributed by atoms with Gasteiger partial charge in [-0.3, -0.25) is 4.79 Å². The summed E-state index contributed by atoms with van der Waals surface area (Å²) in [6, 6.07) is 13.7. The van der Waals surface area contributed by atoms with Gasteiger partial charge in [-0.05, 0) is 55.0 Å². The SMILES string of the molecule is COC(=O)C1=C(C)NC2=C(C(=O)C[C@H](c3ccc(OC)c(OC)c3)C2)[C@@H]1c1ccccc1C. The number of ether oxygens (including phenoxy) is 3. The van der Waals surface area contributed by atoms with Gasteiger partial charge in [-0.1, -0.05) is 30.3 Å². The molecule has 2 aliphatic rings. The average Bonchev–Trinajstić information content (AvgIpc) is 2.82. The molecule has 0 amide bonds. The van der Waals surface area contributed by atoms with Gasteiger partial charge in [0.1, 0.15) is 0 Å². The van der Waals surface area contributed by atoms with E-state index in [-0.39, 0.29) is 11.7 Å². The lowest BCUT2D eigenvalue weighted by Crippen LogP contribution is -2.36. The van der Waals surface area contributed by atoms with Crippen LogP contribution in [0.1, 0.15) is 48.3 Å². The second kappa shape index (κ2) is 9.14. The third-order valence-electron chi connectivity index (χ3n) is 6.61. The molecule has 1 N–H and O–H groups in total. The zero-order valence-corrected chi connectivity index (χ0v) is 19.7. The molecule has 0 bridgehead atoms. The van der Waals surface area contributed by atoms with Crippen molar-refractivity contribution >= 4 is 11.8 Å². The second-order valence-corrected chi connectivity index (χ2v) is 8.48. The Kier molecular flexibility index (Phi) is 6.27. The first-order valence-electron chi connectivity index (χ1n) is 11.0. The van der Waals surface area contributed by atoms with Gasteiger partial charge in [0.25, 0.3) is 0 Å². The number of methoxy groups -OCH3 is 3. The molecule has 1 heterocycles. The Balaban J connectivity index is 1.79. The normalized spacial score (nSPS) is 20.2. The van der Waals surface area contributed by atoms with Crippen LogP contribution in [-0.2, 0) is 14.3 Å². The summed E-state index contributed by atoms with van der Waals surface area (Å²) in [6.45, 7) is 3.87. The molecule has 172 valence electrons. The minimum absolute atomic E-state index is 0.00597. The highest BCUT2D eigenvalue weighted by Crippen LogP contribution is 2.47. The van der Waals surface area contributed by atoms with Crippen molar-refractivity contribution in [2.24, 2.45) is 0 Å². The fourth-order valence-corrected chi connectivity index (χ4v) is 4.98. The summed E-state index contributed by atoms with van der Waals surface area (Å²) < 4.78 is 15.9. The molecule has 0 radical (unpaired) electrons. The number of benzene rings is 2. The molecule has 4 rings (SSSR count). The number of esters is 1. The molecular formula is C27H29NO5. The maximum absolute atomic E-state index is 13.6. The van der Waals surface area contributed by atoms with Crippen molar-refractivity contribution in [2.75, 3.05) is 21.3 Å². The third kappa shape index (κ3) is 4.01. The molecule has 33 heavy (non-hydrogen) atoms. The van der Waals surface area contributed by atoms with Crippen LogP contribution in [-0.4, -0.2) is 33.1 Å². The van der Waals surface area contributed by atoms with Gasteiger partial charge in [-0.15, -0.1) is 0 Å². The smallest absolute Gasteiger partial charge is 0.336 e. The Bertz CT molecular complexity index is 1180. The van der Waals surface area contributed by atoms with Crippen LogP contribution in [0.3, 0.4) is 0 Å². The van der Waals surface area contributed by atoms with Crippen LogP contribution in [0.4, 0.5) is 0 Å². The third-order valence-corrected chi connectivity index (χ3v) is 6.61. The molecule has 2 aromatic carbocycles. The van der Waals surface area contributed by atoms with E-state index in [0.717, 1.165) is 28.1 Å². The van der Waals surface area contributed by atoms with E-state index < -0.39 is 11.9 Å². The molecule has 0 aromatic heterocycles. The Morgan fingerprint density at radius 2 is 1.70 bits per heavy atom. The van der Waals surface area contributed by atoms with E-state index in [9.17, 15) is 9.59 Å². The van der Waals surface area contributed by atoms with Crippen molar-refractivity contribution in [1.29, 1.82) is 0 Å². The first kappa shape index (κ1) is 22.6. The average molecular weight is 448 g/mol. The highest BCUT2D eigenvalue weighted by molar-refractivity contribution is 6.04. The van der Waals surface area contributed by atoms with Gasteiger partial charge in [0.2, 0.25) is 0 Å². The zero-order chi connectivity index (χ0) is 23.7. The summed E-state index contributed by atoms with van der Waals surface area (Å²) in [4.78, 5) is 26.4. The van der Waals surface area contributed by atoms with Crippen molar-refractivity contribution < 1.29 is 23.8 Å². The monoisotopic (exact) mass is 447 g/mol. The number of carbonyl (C=O) groups is 2. The van der Waals surface area contributed by atoms with E-state index in [1.807, 2.05) is 56.3 Å². The number of allylic oxidation sites excluding steroid dienone is 3. The number of aryl methyl sites for hydroxylation is 1. The first-order chi connectivity index (χ1) is 15.9. The Morgan fingerprint density at radius 3 is 2.36 bits per heavy atom. The molecule has 1 aliphatic heterocycles. The molecule has 1 aliphatic carbocycles. The maximum Gasteiger partial charge on any atom is 0.336 e. The van der Waals surface area contributed by atoms with Gasteiger partial charge in [0.15, 0.2) is 17.3 Å². The molecular weight excluding hydrogens is 418 g/mol. The van der Waals surface area contributed by atoms with Gasteiger partial charge >= 0.3 is 5.97 Å². The molecule has 6 heteroatoms. The van der Waals surface area contributed by atoms with Crippen molar-refractivity contribution in [1.82, 2.24) is 5.32 Å². The predicted octanol–water partition coefficient (Wildman–Crippen LogP) is 4.55. The van der Waals surface area contributed by atoms with Crippen molar-refractivity contribution in [3.63, 3.8) is 0 Å². The summed E-state index contributed by atoms with van der Waals surface area (Å²) in [7, 11) is 4.58. The summed E-state index contributed by atoms with van der Waals surface area (Å²) in [6.07, 6.45) is 1.01. The summed E-state index contributed by atoms with van der Waals surface area (Å²) in [5.74, 6) is 0.448. The first-order valence-corrected chi connectivity index (χ1v) is 11.0. The molecule has 0 saturated heterocycles. The topological polar surface area (TPSA) is 73.9 Å². The predicted molar refractivity (Wildman–Crippen MR) is 125 cm³/mol. The number of ketones is 1. The van der Waals surface area contributed by atoms with Crippen LogP contribution in [0.2, 0.25) is 0 Å². The number of hydrogen-bond donors (Lipinski definition) is 1. The van der Waals surface area contributed by atoms with Gasteiger partial charge < -0.3 is 19.5 Å². The van der Waals surface area contributed by atoms with Gasteiger partial charge in [-0.2, -0.15) is 0 Å². The van der Waals surface area contributed by atoms with Crippen molar-refractivity contribution in [3.05, 3.63) is 81.7 Å². The lowest BCUT2D eigenvalue weighted by atomic mass is 9.71. The fourth-order valence-electron chi connectivity index (χ4n) is 4.98. The number of carbonyl (C=O) groups excluding carboxylic acids is 2. The van der Waals surface area contributed by atoms with Crippen molar-refractivity contribution in [3.8, 4) is 11.5 Å². The summed E-state index contributed by atoms with van der Waals surface area (Å²) in [5.41, 5.74) is 5.72. The zero-order valence-electron chi connectivity index (χ0n) is 19.7. The Hall–Kier alpha value is -3.54. The van der Waals surface area contributed by atoms with Crippen LogP contribution in [0.25, 0.3) is 0 Å². The number of dihydropyridines is 1. The Labute approximate surface area is 194 Å². The largest absolute Gasteiger partial charge is 0.493 e. The number of hydrogen-bond acceptors (Lipinski definition) is 6. The van der Waals surface area contributed by atoms with Gasteiger partial charge in [-0.25, -0.2) is 4.79 Å². The molecule has 2 aromatic rings. The fraction of sp³-hybridized carbons (Fsp3) is 0.333. The van der Waals surface area contributed by atoms with E-state index in [1.165, 1.54) is 7.11 Å². The van der Waals surface area contributed by atoms with Gasteiger partial charge in [0.05, 0.1) is 26.9 Å². The van der Waals surface area contributed by atoms with E-state index in [2.05, 4.69) is 5.32 Å². The lowest BCUT2D eigenvalue weighted by molar-refractivity contribution is -0.136. The molecule has 0 fully saturated rings. The summed E-state index contributed by atoms with van der Waals surface area (Å²) >= 11 is 0. The van der Waals surface area contributed by atoms with E-state index >= 15 is 0 Å². The molecule has 0 unspecified atom stereocenters. The number of nitrogens with one attached hydrogen (secondary N) is 1. The standard InChI is InChI=1S/C27H29NO5/c1-15-8-6-7-9-19(15)25-24(27(30)33-5)16(2)28-20-12-18(13-21(29)26(20)25)17-10-11-22(31-3)23(14-17)32-4/h6-11,14,18,25,28H,12-13H2,1-5H3/t18-,25-/m1/s1. The quantitative estimate of drug-likeness (QED) is 0.678. The van der Waals surface area contributed by atoms with Crippen LogP contribution in [0.5, 0.6) is 11.5 Å². The Morgan fingerprint density at radius 1 is 0.970 bits per heavy atom. The van der Waals surface area contributed by atoms with Crippen LogP contribution in [0, 0.1) is 6.92 Å². The van der Waals surface area contributed by atoms with E-state index in [4.69, 9.17) is 14.2 Å². The number of rotatable bonds is 5.